The molecule has 3 rings (SSSR count). The van der Waals surface area contributed by atoms with E-state index in [0.717, 1.165) is 18.4 Å². The van der Waals surface area contributed by atoms with Gasteiger partial charge in [0.1, 0.15) is 0 Å². The van der Waals surface area contributed by atoms with Crippen LogP contribution in [0, 0.1) is 0 Å². The van der Waals surface area contributed by atoms with Crippen LogP contribution in [0.4, 0.5) is 0 Å². The lowest BCUT2D eigenvalue weighted by atomic mass is 10.0. The Morgan fingerprint density at radius 3 is 2.52 bits per heavy atom. The molecule has 1 saturated heterocycles. The summed E-state index contributed by atoms with van der Waals surface area (Å²) in [6.45, 7) is 1.24. The number of piperidine rings is 1. The molecule has 1 aliphatic heterocycles. The lowest BCUT2D eigenvalue weighted by Gasteiger charge is -2.32. The Morgan fingerprint density at radius 2 is 1.92 bits per heavy atom. The molecule has 0 aliphatic carbocycles. The summed E-state index contributed by atoms with van der Waals surface area (Å²) < 4.78 is 1.68. The van der Waals surface area contributed by atoms with Gasteiger partial charge in [0, 0.05) is 19.3 Å². The average Bonchev–Trinajstić information content (AvgIpc) is 3.09. The number of rotatable bonds is 4. The molecule has 0 spiro atoms. The molecule has 1 aromatic heterocycles. The molecule has 0 saturated carbocycles. The topological polar surface area (TPSA) is 75.4 Å². The van der Waals surface area contributed by atoms with Crippen molar-refractivity contribution in [3.8, 4) is 0 Å². The summed E-state index contributed by atoms with van der Waals surface area (Å²) in [5, 5.41) is 14.0. The van der Waals surface area contributed by atoms with Gasteiger partial charge in [-0.3, -0.25) is 9.48 Å². The molecule has 8 heteroatoms. The number of carbonyl (C=O) groups is 2. The molecule has 25 heavy (non-hydrogen) atoms. The first-order chi connectivity index (χ1) is 11.9. The average molecular weight is 382 g/mol. The Hall–Kier alpha value is -2.05. The number of carboxylic acid groups (broad SMARTS) is 1. The van der Waals surface area contributed by atoms with Crippen molar-refractivity contribution in [3.63, 3.8) is 0 Å². The zero-order valence-electron chi connectivity index (χ0n) is 13.4. The Kier molecular flexibility index (Phi) is 5.30. The maximum atomic E-state index is 12.5. The fraction of sp³-hybridized carbons (Fsp3) is 0.353. The van der Waals surface area contributed by atoms with Crippen LogP contribution in [0.15, 0.2) is 30.6 Å². The minimum Gasteiger partial charge on any atom is -0.478 e. The zero-order valence-corrected chi connectivity index (χ0v) is 14.9. The minimum absolute atomic E-state index is 0.0449. The van der Waals surface area contributed by atoms with Crippen molar-refractivity contribution < 1.29 is 14.7 Å². The van der Waals surface area contributed by atoms with Crippen LogP contribution in [0.2, 0.25) is 10.0 Å². The Labute approximate surface area is 154 Å². The molecule has 0 bridgehead atoms. The third-order valence-corrected chi connectivity index (χ3v) is 5.12. The van der Waals surface area contributed by atoms with Gasteiger partial charge < -0.3 is 10.0 Å². The molecular weight excluding hydrogens is 365 g/mol. The number of hydrogen-bond donors (Lipinski definition) is 1. The van der Waals surface area contributed by atoms with Crippen LogP contribution >= 0.6 is 23.2 Å². The van der Waals surface area contributed by atoms with Gasteiger partial charge in [-0.15, -0.1) is 0 Å². The van der Waals surface area contributed by atoms with Crippen LogP contribution in [-0.4, -0.2) is 44.8 Å². The van der Waals surface area contributed by atoms with Gasteiger partial charge in [-0.2, -0.15) is 5.10 Å². The molecular formula is C17H17Cl2N3O3. The molecule has 132 valence electrons. The molecule has 0 atom stereocenters. The van der Waals surface area contributed by atoms with Gasteiger partial charge in [0.15, 0.2) is 0 Å². The molecule has 0 unspecified atom stereocenters. The number of aromatic carboxylic acids is 1. The van der Waals surface area contributed by atoms with Crippen molar-refractivity contribution in [2.24, 2.45) is 0 Å². The predicted octanol–water partition coefficient (Wildman–Crippen LogP) is 3.29. The lowest BCUT2D eigenvalue weighted by molar-refractivity contribution is -0.131. The van der Waals surface area contributed by atoms with Crippen LogP contribution in [0.3, 0.4) is 0 Å². The number of aromatic nitrogens is 2. The second kappa shape index (κ2) is 7.45. The van der Waals surface area contributed by atoms with Crippen molar-refractivity contribution in [2.75, 3.05) is 13.1 Å². The molecule has 6 nitrogen and oxygen atoms in total. The lowest BCUT2D eigenvalue weighted by Crippen LogP contribution is -2.40. The van der Waals surface area contributed by atoms with Gasteiger partial charge in [0.25, 0.3) is 0 Å². The van der Waals surface area contributed by atoms with Crippen LogP contribution < -0.4 is 0 Å². The minimum atomic E-state index is -0.986. The highest BCUT2D eigenvalue weighted by molar-refractivity contribution is 6.42. The third kappa shape index (κ3) is 4.14. The fourth-order valence-corrected chi connectivity index (χ4v) is 3.28. The van der Waals surface area contributed by atoms with Crippen molar-refractivity contribution in [1.82, 2.24) is 14.7 Å². The van der Waals surface area contributed by atoms with Gasteiger partial charge in [-0.05, 0) is 30.5 Å². The zero-order chi connectivity index (χ0) is 18.0. The second-order valence-electron chi connectivity index (χ2n) is 6.05. The van der Waals surface area contributed by atoms with Crippen LogP contribution in [0.5, 0.6) is 0 Å². The SMILES string of the molecule is O=C(O)c1cnn(C2CCN(C(=O)Cc3ccc(Cl)c(Cl)c3)CC2)c1. The van der Waals surface area contributed by atoms with Crippen LogP contribution in [0.1, 0.15) is 34.8 Å². The van der Waals surface area contributed by atoms with Gasteiger partial charge >= 0.3 is 5.97 Å². The van der Waals surface area contributed by atoms with Gasteiger partial charge in [0.05, 0.1) is 34.3 Å². The summed E-state index contributed by atoms with van der Waals surface area (Å²) in [6.07, 6.45) is 4.67. The summed E-state index contributed by atoms with van der Waals surface area (Å²) in [4.78, 5) is 25.2. The molecule has 2 heterocycles. The summed E-state index contributed by atoms with van der Waals surface area (Å²) >= 11 is 11.9. The van der Waals surface area contributed by atoms with E-state index in [0.29, 0.717) is 23.1 Å². The first kappa shape index (κ1) is 17.8. The summed E-state index contributed by atoms with van der Waals surface area (Å²) in [5.74, 6) is -0.941. The highest BCUT2D eigenvalue weighted by atomic mass is 35.5. The molecule has 0 radical (unpaired) electrons. The van der Waals surface area contributed by atoms with E-state index in [2.05, 4.69) is 5.10 Å². The quantitative estimate of drug-likeness (QED) is 0.881. The van der Waals surface area contributed by atoms with E-state index in [4.69, 9.17) is 28.3 Å². The van der Waals surface area contributed by atoms with E-state index in [9.17, 15) is 9.59 Å². The number of amides is 1. The van der Waals surface area contributed by atoms with Crippen LogP contribution in [0.25, 0.3) is 0 Å². The van der Waals surface area contributed by atoms with E-state index in [1.807, 2.05) is 4.90 Å². The molecule has 1 aromatic carbocycles. The van der Waals surface area contributed by atoms with Crippen LogP contribution in [-0.2, 0) is 11.2 Å². The van der Waals surface area contributed by atoms with E-state index in [1.165, 1.54) is 6.20 Å². The fourth-order valence-electron chi connectivity index (χ4n) is 2.96. The highest BCUT2D eigenvalue weighted by Crippen LogP contribution is 2.25. The number of nitrogens with zero attached hydrogens (tertiary/aromatic N) is 3. The van der Waals surface area contributed by atoms with Crippen molar-refractivity contribution in [2.45, 2.75) is 25.3 Å². The number of benzene rings is 1. The second-order valence-corrected chi connectivity index (χ2v) is 6.87. The first-order valence-electron chi connectivity index (χ1n) is 7.93. The van der Waals surface area contributed by atoms with Crippen molar-refractivity contribution in [1.29, 1.82) is 0 Å². The summed E-state index contributed by atoms with van der Waals surface area (Å²) in [6, 6.07) is 5.32. The third-order valence-electron chi connectivity index (χ3n) is 4.38. The number of carbonyl (C=O) groups excluding carboxylic acids is 1. The molecule has 1 fully saturated rings. The maximum Gasteiger partial charge on any atom is 0.338 e. The normalized spacial score (nSPS) is 15.4. The maximum absolute atomic E-state index is 12.5. The van der Waals surface area contributed by atoms with Gasteiger partial charge in [-0.25, -0.2) is 4.79 Å². The van der Waals surface area contributed by atoms with Gasteiger partial charge in [0.2, 0.25) is 5.91 Å². The standard InChI is InChI=1S/C17H17Cl2N3O3/c18-14-2-1-11(7-15(14)19)8-16(23)21-5-3-13(4-6-21)22-10-12(9-20-22)17(24)25/h1-2,7,9-10,13H,3-6,8H2,(H,24,25). The van der Waals surface area contributed by atoms with E-state index >= 15 is 0 Å². The van der Waals surface area contributed by atoms with Gasteiger partial charge in [-0.1, -0.05) is 29.3 Å². The van der Waals surface area contributed by atoms with E-state index in [1.54, 1.807) is 29.1 Å². The smallest absolute Gasteiger partial charge is 0.338 e. The number of hydrogen-bond acceptors (Lipinski definition) is 3. The number of carboxylic acids is 1. The Bertz CT molecular complexity index is 798. The van der Waals surface area contributed by atoms with E-state index < -0.39 is 5.97 Å². The summed E-state index contributed by atoms with van der Waals surface area (Å²) in [5.41, 5.74) is 1.01. The monoisotopic (exact) mass is 381 g/mol. The Balaban J connectivity index is 1.56. The van der Waals surface area contributed by atoms with Crippen molar-refractivity contribution in [3.05, 3.63) is 51.8 Å². The Morgan fingerprint density at radius 1 is 1.20 bits per heavy atom. The number of likely N-dealkylation sites (tertiary alicyclic amines) is 1. The number of halogens is 2. The van der Waals surface area contributed by atoms with Crippen molar-refractivity contribution >= 4 is 35.1 Å². The molecule has 1 amide bonds. The first-order valence-corrected chi connectivity index (χ1v) is 8.69. The molecule has 1 aliphatic rings. The molecule has 1 N–H and O–H groups in total. The summed E-state index contributed by atoms with van der Waals surface area (Å²) in [7, 11) is 0. The predicted molar refractivity (Wildman–Crippen MR) is 94.2 cm³/mol. The largest absolute Gasteiger partial charge is 0.478 e. The van der Waals surface area contributed by atoms with E-state index in [-0.39, 0.29) is 23.9 Å². The highest BCUT2D eigenvalue weighted by Gasteiger charge is 2.25. The molecule has 2 aromatic rings.